The Morgan fingerprint density at radius 2 is 1.76 bits per heavy atom. The molecular weight excluding hydrogens is 311 g/mol. The lowest BCUT2D eigenvalue weighted by Crippen LogP contribution is -2.51. The Morgan fingerprint density at radius 1 is 1.19 bits per heavy atom. The summed E-state index contributed by atoms with van der Waals surface area (Å²) in [5.41, 5.74) is 0. The number of hydrogen-bond donors (Lipinski definition) is 1. The Bertz CT molecular complexity index is 565. The van der Waals surface area contributed by atoms with Crippen LogP contribution < -0.4 is 5.32 Å². The van der Waals surface area contributed by atoms with E-state index < -0.39 is 46.5 Å². The van der Waals surface area contributed by atoms with Gasteiger partial charge in [-0.3, -0.25) is 4.79 Å². The molecule has 1 N–H and O–H groups in total. The average molecular weight is 327 g/mol. The molecular formula is C11H16F3N3O3S. The highest BCUT2D eigenvalue weighted by Crippen LogP contribution is 2.43. The molecule has 0 aromatic carbocycles. The maximum Gasteiger partial charge on any atom is 0.413 e. The molecule has 2 aliphatic heterocycles. The first-order valence-electron chi connectivity index (χ1n) is 6.75. The lowest BCUT2D eigenvalue weighted by molar-refractivity contribution is -0.185. The number of halogens is 3. The van der Waals surface area contributed by atoms with Crippen LogP contribution in [0.15, 0.2) is 0 Å². The second-order valence-corrected chi connectivity index (χ2v) is 7.67. The molecule has 120 valence electrons. The summed E-state index contributed by atoms with van der Waals surface area (Å²) in [6.07, 6.45) is -2.46. The first-order valence-corrected chi connectivity index (χ1v) is 8.60. The molecule has 10 heteroatoms. The van der Waals surface area contributed by atoms with Crippen molar-refractivity contribution in [3.63, 3.8) is 0 Å². The van der Waals surface area contributed by atoms with Gasteiger partial charge in [-0.15, -0.1) is 0 Å². The first-order chi connectivity index (χ1) is 9.62. The molecule has 2 heterocycles. The minimum absolute atomic E-state index is 0.467. The van der Waals surface area contributed by atoms with Crippen molar-refractivity contribution in [2.24, 2.45) is 0 Å². The summed E-state index contributed by atoms with van der Waals surface area (Å²) < 4.78 is 64.4. The lowest BCUT2D eigenvalue weighted by Gasteiger charge is -2.33. The largest absolute Gasteiger partial charge is 0.413 e. The zero-order valence-electron chi connectivity index (χ0n) is 11.3. The molecule has 1 saturated carbocycles. The fraction of sp³-hybridized carbons (Fsp3) is 0.909. The van der Waals surface area contributed by atoms with Gasteiger partial charge >= 0.3 is 6.18 Å². The van der Waals surface area contributed by atoms with Gasteiger partial charge in [0.25, 0.3) is 0 Å². The minimum atomic E-state index is -4.71. The molecule has 3 fully saturated rings. The highest BCUT2D eigenvalue weighted by Gasteiger charge is 2.65. The standard InChI is InChI=1S/C11H16F3N3O3S/c1-21(19,20)17-7-5-3-2-4-6(7)16-8(11(12,13)14)9(18)15-10(16)17/h6-8,10H,2-5H2,1H3,(H,15,18). The number of nitrogens with one attached hydrogen (secondary N) is 1. The molecule has 0 spiro atoms. The number of carbonyl (C=O) groups is 1. The van der Waals surface area contributed by atoms with Crippen LogP contribution in [-0.4, -0.2) is 60.4 Å². The van der Waals surface area contributed by atoms with Crippen molar-refractivity contribution in [1.29, 1.82) is 0 Å². The van der Waals surface area contributed by atoms with Gasteiger partial charge in [0.05, 0.1) is 6.26 Å². The monoisotopic (exact) mass is 327 g/mol. The third-order valence-corrected chi connectivity index (χ3v) is 5.67. The third kappa shape index (κ3) is 2.23. The van der Waals surface area contributed by atoms with E-state index in [1.807, 2.05) is 0 Å². The highest BCUT2D eigenvalue weighted by atomic mass is 32.2. The van der Waals surface area contributed by atoms with Crippen LogP contribution in [-0.2, 0) is 14.8 Å². The number of amides is 1. The summed E-state index contributed by atoms with van der Waals surface area (Å²) >= 11 is 0. The Hall–Kier alpha value is -0.870. The zero-order valence-corrected chi connectivity index (χ0v) is 12.1. The van der Waals surface area contributed by atoms with Gasteiger partial charge in [0.1, 0.15) is 0 Å². The summed E-state index contributed by atoms with van der Waals surface area (Å²) in [5.74, 6) is -1.18. The summed E-state index contributed by atoms with van der Waals surface area (Å²) in [4.78, 5) is 12.7. The maximum absolute atomic E-state index is 13.2. The van der Waals surface area contributed by atoms with Gasteiger partial charge in [-0.05, 0) is 12.8 Å². The molecule has 0 aromatic rings. The van der Waals surface area contributed by atoms with Crippen molar-refractivity contribution in [2.75, 3.05) is 6.26 Å². The minimum Gasteiger partial charge on any atom is -0.325 e. The van der Waals surface area contributed by atoms with Crippen LogP contribution in [0.1, 0.15) is 25.7 Å². The van der Waals surface area contributed by atoms with E-state index in [-0.39, 0.29) is 0 Å². The number of rotatable bonds is 1. The Labute approximate surface area is 120 Å². The van der Waals surface area contributed by atoms with E-state index in [0.29, 0.717) is 12.8 Å². The summed E-state index contributed by atoms with van der Waals surface area (Å²) in [5, 5.41) is 2.20. The van der Waals surface area contributed by atoms with Crippen LogP contribution in [0, 0.1) is 0 Å². The highest BCUT2D eigenvalue weighted by molar-refractivity contribution is 7.88. The average Bonchev–Trinajstić information content (AvgIpc) is 2.78. The molecule has 0 bridgehead atoms. The number of nitrogens with zero attached hydrogens (tertiary/aromatic N) is 2. The summed E-state index contributed by atoms with van der Waals surface area (Å²) in [6.45, 7) is 0. The Morgan fingerprint density at radius 3 is 2.29 bits per heavy atom. The fourth-order valence-electron chi connectivity index (χ4n) is 3.79. The fourth-order valence-corrected chi connectivity index (χ4v) is 5.05. The van der Waals surface area contributed by atoms with E-state index in [1.165, 1.54) is 0 Å². The molecule has 3 aliphatic rings. The van der Waals surface area contributed by atoms with Crippen LogP contribution in [0.2, 0.25) is 0 Å². The van der Waals surface area contributed by atoms with Gasteiger partial charge in [-0.25, -0.2) is 13.3 Å². The lowest BCUT2D eigenvalue weighted by atomic mass is 9.90. The normalized spacial score (nSPS) is 38.2. The molecule has 3 rings (SSSR count). The van der Waals surface area contributed by atoms with Crippen molar-refractivity contribution >= 4 is 15.9 Å². The Kier molecular flexibility index (Phi) is 3.27. The molecule has 6 nitrogen and oxygen atoms in total. The quantitative estimate of drug-likeness (QED) is 0.748. The van der Waals surface area contributed by atoms with Gasteiger partial charge in [-0.1, -0.05) is 12.8 Å². The van der Waals surface area contributed by atoms with Crippen LogP contribution >= 0.6 is 0 Å². The van der Waals surface area contributed by atoms with E-state index >= 15 is 0 Å². The molecule has 0 radical (unpaired) electrons. The van der Waals surface area contributed by atoms with Crippen molar-refractivity contribution < 1.29 is 26.4 Å². The van der Waals surface area contributed by atoms with E-state index in [1.54, 1.807) is 0 Å². The van der Waals surface area contributed by atoms with Crippen LogP contribution in [0.5, 0.6) is 0 Å². The zero-order chi connectivity index (χ0) is 15.6. The van der Waals surface area contributed by atoms with E-state index in [0.717, 1.165) is 28.3 Å². The molecule has 2 saturated heterocycles. The second kappa shape index (κ2) is 4.56. The number of hydrogen-bond acceptors (Lipinski definition) is 4. The summed E-state index contributed by atoms with van der Waals surface area (Å²) in [7, 11) is -3.71. The van der Waals surface area contributed by atoms with Crippen LogP contribution in [0.3, 0.4) is 0 Å². The van der Waals surface area contributed by atoms with Crippen molar-refractivity contribution in [3.8, 4) is 0 Å². The van der Waals surface area contributed by atoms with Crippen LogP contribution in [0.25, 0.3) is 0 Å². The first kappa shape index (κ1) is 15.0. The molecule has 1 amide bonds. The van der Waals surface area contributed by atoms with E-state index in [4.69, 9.17) is 0 Å². The SMILES string of the molecule is CS(=O)(=O)N1C2CCCCC2N2C1NC(=O)C2C(F)(F)F. The number of carbonyl (C=O) groups excluding carboxylic acids is 1. The van der Waals surface area contributed by atoms with Gasteiger partial charge in [0, 0.05) is 12.1 Å². The van der Waals surface area contributed by atoms with E-state index in [9.17, 15) is 26.4 Å². The molecule has 21 heavy (non-hydrogen) atoms. The third-order valence-electron chi connectivity index (χ3n) is 4.44. The Balaban J connectivity index is 2.05. The summed E-state index contributed by atoms with van der Waals surface area (Å²) in [6, 6.07) is -3.33. The second-order valence-electron chi connectivity index (χ2n) is 5.79. The van der Waals surface area contributed by atoms with Gasteiger partial charge in [0.15, 0.2) is 12.3 Å². The molecule has 1 aliphatic carbocycles. The van der Waals surface area contributed by atoms with Gasteiger partial charge < -0.3 is 5.32 Å². The van der Waals surface area contributed by atoms with Gasteiger partial charge in [0.2, 0.25) is 15.9 Å². The predicted octanol–water partition coefficient (Wildman–Crippen LogP) is 0.219. The maximum atomic E-state index is 13.2. The van der Waals surface area contributed by atoms with Crippen LogP contribution in [0.4, 0.5) is 13.2 Å². The topological polar surface area (TPSA) is 69.7 Å². The molecule has 4 unspecified atom stereocenters. The molecule has 0 aromatic heterocycles. The number of alkyl halides is 3. The van der Waals surface area contributed by atoms with Crippen molar-refractivity contribution in [3.05, 3.63) is 0 Å². The predicted molar refractivity (Wildman–Crippen MR) is 66.3 cm³/mol. The van der Waals surface area contributed by atoms with Crippen molar-refractivity contribution in [1.82, 2.24) is 14.5 Å². The smallest absolute Gasteiger partial charge is 0.325 e. The molecule has 4 atom stereocenters. The number of sulfonamides is 1. The van der Waals surface area contributed by atoms with Crippen molar-refractivity contribution in [2.45, 2.75) is 56.3 Å². The van der Waals surface area contributed by atoms with E-state index in [2.05, 4.69) is 5.32 Å². The number of fused-ring (bicyclic) bond motifs is 3. The van der Waals surface area contributed by atoms with Gasteiger partial charge in [-0.2, -0.15) is 17.5 Å².